The molecule has 1 N–H and O–H groups in total. The Bertz CT molecular complexity index is 860. The van der Waals surface area contributed by atoms with Gasteiger partial charge in [0.05, 0.1) is 11.4 Å². The Hall–Kier alpha value is -2.34. The van der Waals surface area contributed by atoms with Crippen molar-refractivity contribution in [2.24, 2.45) is 0 Å². The smallest absolute Gasteiger partial charge is 0.251 e. The molecule has 1 aliphatic rings. The molecule has 25 heavy (non-hydrogen) atoms. The SMILES string of the molecule is Cc1ccccc1CNC(=O)c1ccc(N2CCCCS2(=O)=O)cc1. The zero-order valence-corrected chi connectivity index (χ0v) is 15.1. The summed E-state index contributed by atoms with van der Waals surface area (Å²) in [4.78, 5) is 12.3. The number of nitrogens with one attached hydrogen (secondary N) is 1. The van der Waals surface area contributed by atoms with Crippen molar-refractivity contribution in [3.63, 3.8) is 0 Å². The first-order chi connectivity index (χ1) is 12.0. The van der Waals surface area contributed by atoms with Crippen molar-refractivity contribution < 1.29 is 13.2 Å². The molecule has 2 aromatic rings. The fourth-order valence-corrected chi connectivity index (χ4v) is 4.58. The predicted octanol–water partition coefficient (Wildman–Crippen LogP) is 2.86. The van der Waals surface area contributed by atoms with E-state index in [-0.39, 0.29) is 11.7 Å². The van der Waals surface area contributed by atoms with Crippen LogP contribution in [-0.2, 0) is 16.6 Å². The first kappa shape index (κ1) is 17.5. The van der Waals surface area contributed by atoms with Crippen LogP contribution in [0.4, 0.5) is 5.69 Å². The molecule has 1 amide bonds. The fraction of sp³-hybridized carbons (Fsp3) is 0.316. The van der Waals surface area contributed by atoms with E-state index in [2.05, 4.69) is 5.32 Å². The zero-order valence-electron chi connectivity index (χ0n) is 14.2. The molecule has 3 rings (SSSR count). The maximum atomic E-state index is 12.3. The van der Waals surface area contributed by atoms with Gasteiger partial charge in [-0.3, -0.25) is 9.10 Å². The van der Waals surface area contributed by atoms with Gasteiger partial charge in [0.2, 0.25) is 10.0 Å². The number of carbonyl (C=O) groups is 1. The minimum absolute atomic E-state index is 0.170. The molecule has 6 heteroatoms. The van der Waals surface area contributed by atoms with Crippen LogP contribution in [0.15, 0.2) is 48.5 Å². The highest BCUT2D eigenvalue weighted by Gasteiger charge is 2.25. The third kappa shape index (κ3) is 4.02. The van der Waals surface area contributed by atoms with E-state index >= 15 is 0 Å². The molecule has 0 spiro atoms. The third-order valence-corrected chi connectivity index (χ3v) is 6.34. The van der Waals surface area contributed by atoms with Crippen LogP contribution in [0, 0.1) is 6.92 Å². The summed E-state index contributed by atoms with van der Waals surface area (Å²) in [7, 11) is -3.23. The van der Waals surface area contributed by atoms with E-state index < -0.39 is 10.0 Å². The Kier molecular flexibility index (Phi) is 5.08. The van der Waals surface area contributed by atoms with Gasteiger partial charge in [0.15, 0.2) is 0 Å². The molecule has 0 saturated carbocycles. The summed E-state index contributed by atoms with van der Waals surface area (Å²) in [6.45, 7) is 2.98. The number of rotatable bonds is 4. The molecule has 0 radical (unpaired) electrons. The van der Waals surface area contributed by atoms with Crippen molar-refractivity contribution in [1.29, 1.82) is 0 Å². The molecule has 0 aromatic heterocycles. The van der Waals surface area contributed by atoms with Crippen LogP contribution in [0.25, 0.3) is 0 Å². The Morgan fingerprint density at radius 1 is 1.08 bits per heavy atom. The molecular weight excluding hydrogens is 336 g/mol. The molecule has 5 nitrogen and oxygen atoms in total. The minimum atomic E-state index is -3.23. The lowest BCUT2D eigenvalue weighted by atomic mass is 10.1. The quantitative estimate of drug-likeness (QED) is 0.914. The lowest BCUT2D eigenvalue weighted by Crippen LogP contribution is -2.37. The lowest BCUT2D eigenvalue weighted by molar-refractivity contribution is 0.0951. The molecule has 1 heterocycles. The van der Waals surface area contributed by atoms with E-state index in [0.717, 1.165) is 17.5 Å². The second-order valence-electron chi connectivity index (χ2n) is 6.25. The largest absolute Gasteiger partial charge is 0.348 e. The van der Waals surface area contributed by atoms with Crippen molar-refractivity contribution in [1.82, 2.24) is 5.32 Å². The van der Waals surface area contributed by atoms with Crippen LogP contribution in [0.3, 0.4) is 0 Å². The highest BCUT2D eigenvalue weighted by molar-refractivity contribution is 7.92. The molecule has 1 fully saturated rings. The van der Waals surface area contributed by atoms with Crippen LogP contribution in [0.2, 0.25) is 0 Å². The first-order valence-electron chi connectivity index (χ1n) is 8.40. The van der Waals surface area contributed by atoms with Crippen LogP contribution in [0.1, 0.15) is 34.3 Å². The number of benzene rings is 2. The van der Waals surface area contributed by atoms with E-state index in [9.17, 15) is 13.2 Å². The molecule has 0 aliphatic carbocycles. The van der Waals surface area contributed by atoms with Gasteiger partial charge in [-0.2, -0.15) is 0 Å². The summed E-state index contributed by atoms with van der Waals surface area (Å²) in [5.74, 6) is 0.0161. The summed E-state index contributed by atoms with van der Waals surface area (Å²) in [5.41, 5.74) is 3.35. The van der Waals surface area contributed by atoms with Crippen LogP contribution in [-0.4, -0.2) is 26.6 Å². The van der Waals surface area contributed by atoms with Gasteiger partial charge >= 0.3 is 0 Å². The van der Waals surface area contributed by atoms with Gasteiger partial charge in [-0.1, -0.05) is 24.3 Å². The molecule has 0 bridgehead atoms. The van der Waals surface area contributed by atoms with Gasteiger partial charge in [-0.15, -0.1) is 0 Å². The summed E-state index contributed by atoms with van der Waals surface area (Å²) < 4.78 is 25.7. The van der Waals surface area contributed by atoms with E-state index in [0.29, 0.717) is 30.8 Å². The average molecular weight is 358 g/mol. The van der Waals surface area contributed by atoms with Crippen LogP contribution in [0.5, 0.6) is 0 Å². The van der Waals surface area contributed by atoms with E-state index in [1.54, 1.807) is 24.3 Å². The van der Waals surface area contributed by atoms with Crippen molar-refractivity contribution in [2.45, 2.75) is 26.3 Å². The van der Waals surface area contributed by atoms with Crippen molar-refractivity contribution in [3.05, 3.63) is 65.2 Å². The summed E-state index contributed by atoms with van der Waals surface area (Å²) in [6.07, 6.45) is 1.57. The zero-order chi connectivity index (χ0) is 17.9. The Morgan fingerprint density at radius 2 is 1.80 bits per heavy atom. The number of hydrogen-bond acceptors (Lipinski definition) is 3. The van der Waals surface area contributed by atoms with E-state index in [1.165, 1.54) is 4.31 Å². The second kappa shape index (κ2) is 7.27. The standard InChI is InChI=1S/C19H22N2O3S/c1-15-6-2-3-7-17(15)14-20-19(22)16-8-10-18(11-9-16)21-12-4-5-13-25(21,23)24/h2-3,6-11H,4-5,12-14H2,1H3,(H,20,22). The molecule has 2 aromatic carbocycles. The lowest BCUT2D eigenvalue weighted by Gasteiger charge is -2.28. The minimum Gasteiger partial charge on any atom is -0.348 e. The summed E-state index contributed by atoms with van der Waals surface area (Å²) >= 11 is 0. The van der Waals surface area contributed by atoms with Crippen molar-refractivity contribution in [3.8, 4) is 0 Å². The second-order valence-corrected chi connectivity index (χ2v) is 8.26. The predicted molar refractivity (Wildman–Crippen MR) is 99.2 cm³/mol. The Labute approximate surface area is 148 Å². The topological polar surface area (TPSA) is 66.5 Å². The fourth-order valence-electron chi connectivity index (χ4n) is 2.94. The Balaban J connectivity index is 1.67. The number of sulfonamides is 1. The molecule has 1 aliphatic heterocycles. The number of aryl methyl sites for hydroxylation is 1. The first-order valence-corrected chi connectivity index (χ1v) is 10.0. The highest BCUT2D eigenvalue weighted by Crippen LogP contribution is 2.23. The number of carbonyl (C=O) groups excluding carboxylic acids is 1. The van der Waals surface area contributed by atoms with Gasteiger partial charge in [-0.05, 0) is 55.2 Å². The summed E-state index contributed by atoms with van der Waals surface area (Å²) in [6, 6.07) is 14.7. The third-order valence-electron chi connectivity index (χ3n) is 4.47. The Morgan fingerprint density at radius 3 is 2.48 bits per heavy atom. The average Bonchev–Trinajstić information content (AvgIpc) is 2.61. The van der Waals surface area contributed by atoms with Gasteiger partial charge in [0.1, 0.15) is 0 Å². The number of nitrogens with zero attached hydrogens (tertiary/aromatic N) is 1. The van der Waals surface area contributed by atoms with Crippen molar-refractivity contribution >= 4 is 21.6 Å². The van der Waals surface area contributed by atoms with Gasteiger partial charge in [-0.25, -0.2) is 8.42 Å². The normalized spacial score (nSPS) is 16.4. The number of anilines is 1. The van der Waals surface area contributed by atoms with Crippen molar-refractivity contribution in [2.75, 3.05) is 16.6 Å². The van der Waals surface area contributed by atoms with E-state index in [1.807, 2.05) is 31.2 Å². The maximum Gasteiger partial charge on any atom is 0.251 e. The summed E-state index contributed by atoms with van der Waals surface area (Å²) in [5, 5.41) is 2.90. The van der Waals surface area contributed by atoms with Crippen LogP contribution < -0.4 is 9.62 Å². The molecular formula is C19H22N2O3S. The molecule has 1 saturated heterocycles. The molecule has 132 valence electrons. The maximum absolute atomic E-state index is 12.3. The highest BCUT2D eigenvalue weighted by atomic mass is 32.2. The monoisotopic (exact) mass is 358 g/mol. The number of hydrogen-bond donors (Lipinski definition) is 1. The van der Waals surface area contributed by atoms with E-state index in [4.69, 9.17) is 0 Å². The van der Waals surface area contributed by atoms with Crippen LogP contribution >= 0.6 is 0 Å². The molecule has 0 atom stereocenters. The number of amides is 1. The van der Waals surface area contributed by atoms with Gasteiger partial charge in [0.25, 0.3) is 5.91 Å². The van der Waals surface area contributed by atoms with Gasteiger partial charge in [0, 0.05) is 18.7 Å². The van der Waals surface area contributed by atoms with Gasteiger partial charge < -0.3 is 5.32 Å². The molecule has 0 unspecified atom stereocenters.